The van der Waals surface area contributed by atoms with Gasteiger partial charge in [-0.3, -0.25) is 4.79 Å². The molecule has 1 saturated heterocycles. The van der Waals surface area contributed by atoms with Gasteiger partial charge in [0.15, 0.2) is 18.0 Å². The highest BCUT2D eigenvalue weighted by Crippen LogP contribution is 2.29. The topological polar surface area (TPSA) is 56.4 Å². The lowest BCUT2D eigenvalue weighted by molar-refractivity contribution is -1.02. The van der Waals surface area contributed by atoms with Crippen molar-refractivity contribution in [2.24, 2.45) is 0 Å². The molecule has 1 heterocycles. The third-order valence-electron chi connectivity index (χ3n) is 6.01. The first-order valence-electron chi connectivity index (χ1n) is 10.7. The molecule has 0 atom stereocenters. The van der Waals surface area contributed by atoms with Crippen LogP contribution >= 0.6 is 0 Å². The molecule has 6 heteroatoms. The molecule has 1 amide bonds. The number of anilines is 1. The third kappa shape index (κ3) is 5.52. The second-order valence-corrected chi connectivity index (χ2v) is 8.35. The van der Waals surface area contributed by atoms with Crippen molar-refractivity contribution in [1.82, 2.24) is 0 Å². The van der Waals surface area contributed by atoms with Gasteiger partial charge < -0.3 is 24.6 Å². The van der Waals surface area contributed by atoms with Gasteiger partial charge in [0.05, 0.1) is 14.2 Å². The minimum Gasteiger partial charge on any atom is -0.493 e. The van der Waals surface area contributed by atoms with Crippen molar-refractivity contribution >= 4 is 11.6 Å². The molecular formula is C24H35N3O3+2. The zero-order chi connectivity index (χ0) is 21.7. The average Bonchev–Trinajstić information content (AvgIpc) is 2.72. The SMILES string of the molecule is COc1cc(C)c(C[NH+]2CC[NH+](CC(=O)Nc3ccc(C)cc3C)CC2)cc1OC. The van der Waals surface area contributed by atoms with Crippen LogP contribution in [-0.4, -0.2) is 52.9 Å². The molecule has 6 nitrogen and oxygen atoms in total. The third-order valence-corrected chi connectivity index (χ3v) is 6.01. The lowest BCUT2D eigenvalue weighted by Gasteiger charge is -2.30. The summed E-state index contributed by atoms with van der Waals surface area (Å²) >= 11 is 0. The molecule has 30 heavy (non-hydrogen) atoms. The molecule has 0 bridgehead atoms. The monoisotopic (exact) mass is 413 g/mol. The largest absolute Gasteiger partial charge is 0.493 e. The molecule has 3 rings (SSSR count). The number of piperazine rings is 1. The standard InChI is InChI=1S/C24H33N3O3/c1-17-6-7-21(19(3)12-17)25-24(28)16-27-10-8-26(9-11-27)15-20-14-23(30-5)22(29-4)13-18(20)2/h6-7,12-14H,8-11,15-16H2,1-5H3,(H,25,28)/p+2. The Balaban J connectivity index is 1.51. The molecule has 1 aliphatic rings. The fourth-order valence-electron chi connectivity index (χ4n) is 4.17. The molecule has 0 radical (unpaired) electrons. The molecule has 0 aliphatic carbocycles. The van der Waals surface area contributed by atoms with Crippen molar-refractivity contribution in [3.63, 3.8) is 0 Å². The van der Waals surface area contributed by atoms with Gasteiger partial charge in [-0.25, -0.2) is 0 Å². The first-order valence-corrected chi connectivity index (χ1v) is 10.7. The Hall–Kier alpha value is -2.57. The number of carbonyl (C=O) groups is 1. The van der Waals surface area contributed by atoms with Crippen LogP contribution in [0.4, 0.5) is 5.69 Å². The number of amides is 1. The predicted octanol–water partition coefficient (Wildman–Crippen LogP) is 0.551. The first-order chi connectivity index (χ1) is 14.4. The lowest BCUT2D eigenvalue weighted by Crippen LogP contribution is -3.28. The van der Waals surface area contributed by atoms with Crippen molar-refractivity contribution in [2.75, 3.05) is 52.3 Å². The maximum absolute atomic E-state index is 12.5. The van der Waals surface area contributed by atoms with E-state index in [-0.39, 0.29) is 5.91 Å². The fourth-order valence-corrected chi connectivity index (χ4v) is 4.17. The van der Waals surface area contributed by atoms with Gasteiger partial charge in [0.25, 0.3) is 5.91 Å². The zero-order valence-corrected chi connectivity index (χ0v) is 18.9. The van der Waals surface area contributed by atoms with Gasteiger partial charge in [-0.05, 0) is 50.1 Å². The van der Waals surface area contributed by atoms with E-state index in [9.17, 15) is 4.79 Å². The van der Waals surface area contributed by atoms with E-state index in [0.717, 1.165) is 55.5 Å². The number of quaternary nitrogens is 2. The van der Waals surface area contributed by atoms with Gasteiger partial charge in [-0.15, -0.1) is 0 Å². The summed E-state index contributed by atoms with van der Waals surface area (Å²) in [6, 6.07) is 10.3. The van der Waals surface area contributed by atoms with Gasteiger partial charge in [0.1, 0.15) is 32.7 Å². The molecule has 1 aliphatic heterocycles. The zero-order valence-electron chi connectivity index (χ0n) is 18.9. The maximum atomic E-state index is 12.5. The lowest BCUT2D eigenvalue weighted by atomic mass is 10.1. The number of nitrogens with one attached hydrogen (secondary N) is 3. The van der Waals surface area contributed by atoms with Crippen molar-refractivity contribution in [3.05, 3.63) is 52.6 Å². The van der Waals surface area contributed by atoms with Crippen LogP contribution in [0, 0.1) is 20.8 Å². The van der Waals surface area contributed by atoms with Crippen LogP contribution in [0.5, 0.6) is 11.5 Å². The minimum absolute atomic E-state index is 0.0936. The summed E-state index contributed by atoms with van der Waals surface area (Å²) in [7, 11) is 3.34. The number of benzene rings is 2. The van der Waals surface area contributed by atoms with Crippen LogP contribution in [0.3, 0.4) is 0 Å². The van der Waals surface area contributed by atoms with Crippen LogP contribution in [0.1, 0.15) is 22.3 Å². The molecule has 1 fully saturated rings. The van der Waals surface area contributed by atoms with Crippen LogP contribution in [0.25, 0.3) is 0 Å². The van der Waals surface area contributed by atoms with Crippen LogP contribution in [-0.2, 0) is 11.3 Å². The maximum Gasteiger partial charge on any atom is 0.279 e. The summed E-state index contributed by atoms with van der Waals surface area (Å²) in [4.78, 5) is 15.4. The Kier molecular flexibility index (Phi) is 7.34. The molecule has 0 spiro atoms. The normalized spacial score (nSPS) is 18.7. The number of methoxy groups -OCH3 is 2. The summed E-state index contributed by atoms with van der Waals surface area (Å²) in [6.45, 7) is 11.8. The van der Waals surface area contributed by atoms with E-state index in [1.54, 1.807) is 19.1 Å². The molecule has 162 valence electrons. The number of hydrogen-bond donors (Lipinski definition) is 3. The van der Waals surface area contributed by atoms with E-state index < -0.39 is 0 Å². The summed E-state index contributed by atoms with van der Waals surface area (Å²) in [5.74, 6) is 1.65. The highest BCUT2D eigenvalue weighted by Gasteiger charge is 2.26. The van der Waals surface area contributed by atoms with Crippen molar-refractivity contribution in [2.45, 2.75) is 27.3 Å². The van der Waals surface area contributed by atoms with Crippen LogP contribution in [0.2, 0.25) is 0 Å². The summed E-state index contributed by atoms with van der Waals surface area (Å²) in [5, 5.41) is 3.07. The summed E-state index contributed by atoms with van der Waals surface area (Å²) in [6.07, 6.45) is 0. The van der Waals surface area contributed by atoms with Crippen LogP contribution in [0.15, 0.2) is 30.3 Å². The number of ether oxygens (including phenoxy) is 2. The number of aryl methyl sites for hydroxylation is 3. The second-order valence-electron chi connectivity index (χ2n) is 8.35. The average molecular weight is 414 g/mol. The van der Waals surface area contributed by atoms with E-state index in [4.69, 9.17) is 9.47 Å². The Morgan fingerprint density at radius 3 is 2.17 bits per heavy atom. The smallest absolute Gasteiger partial charge is 0.279 e. The molecule has 3 N–H and O–H groups in total. The van der Waals surface area contributed by atoms with Crippen molar-refractivity contribution in [1.29, 1.82) is 0 Å². The Morgan fingerprint density at radius 1 is 0.900 bits per heavy atom. The van der Waals surface area contributed by atoms with E-state index in [2.05, 4.69) is 31.3 Å². The van der Waals surface area contributed by atoms with E-state index in [0.29, 0.717) is 6.54 Å². The molecule has 2 aromatic rings. The van der Waals surface area contributed by atoms with Crippen LogP contribution < -0.4 is 24.6 Å². The second kappa shape index (κ2) is 9.96. The Bertz CT molecular complexity index is 890. The van der Waals surface area contributed by atoms with Gasteiger partial charge in [-0.2, -0.15) is 0 Å². The van der Waals surface area contributed by atoms with Gasteiger partial charge in [-0.1, -0.05) is 17.7 Å². The minimum atomic E-state index is 0.0936. The predicted molar refractivity (Wildman–Crippen MR) is 119 cm³/mol. The molecule has 0 saturated carbocycles. The Morgan fingerprint density at radius 2 is 1.53 bits per heavy atom. The number of carbonyl (C=O) groups excluding carboxylic acids is 1. The Labute approximate surface area is 179 Å². The quantitative estimate of drug-likeness (QED) is 0.622. The summed E-state index contributed by atoms with van der Waals surface area (Å²) < 4.78 is 10.9. The van der Waals surface area contributed by atoms with Crippen molar-refractivity contribution < 1.29 is 24.1 Å². The van der Waals surface area contributed by atoms with E-state index in [1.807, 2.05) is 25.1 Å². The molecular weight excluding hydrogens is 378 g/mol. The van der Waals surface area contributed by atoms with Gasteiger partial charge in [0, 0.05) is 11.3 Å². The molecule has 0 unspecified atom stereocenters. The van der Waals surface area contributed by atoms with Gasteiger partial charge in [0.2, 0.25) is 0 Å². The first kappa shape index (κ1) is 22.1. The summed E-state index contributed by atoms with van der Waals surface area (Å²) in [5.41, 5.74) is 5.75. The van der Waals surface area contributed by atoms with E-state index in [1.165, 1.54) is 21.6 Å². The molecule has 2 aromatic carbocycles. The van der Waals surface area contributed by atoms with Gasteiger partial charge >= 0.3 is 0 Å². The highest BCUT2D eigenvalue weighted by molar-refractivity contribution is 5.92. The highest BCUT2D eigenvalue weighted by atomic mass is 16.5. The number of hydrogen-bond acceptors (Lipinski definition) is 3. The van der Waals surface area contributed by atoms with Crippen molar-refractivity contribution in [3.8, 4) is 11.5 Å². The fraction of sp³-hybridized carbons (Fsp3) is 0.458. The van der Waals surface area contributed by atoms with E-state index >= 15 is 0 Å². The number of rotatable bonds is 7. The molecule has 0 aromatic heterocycles.